The maximum atomic E-state index is 11.4. The molecule has 78 valence electrons. The van der Waals surface area contributed by atoms with Crippen LogP contribution in [0.2, 0.25) is 10.2 Å². The number of hydrogen-bond donors (Lipinski definition) is 0. The maximum Gasteiger partial charge on any atom is 0.358 e. The van der Waals surface area contributed by atoms with Gasteiger partial charge >= 0.3 is 5.97 Å². The molecule has 0 amide bonds. The molecule has 0 unspecified atom stereocenters. The highest BCUT2D eigenvalue weighted by Crippen LogP contribution is 2.20. The highest BCUT2D eigenvalue weighted by molar-refractivity contribution is 6.32. The summed E-state index contributed by atoms with van der Waals surface area (Å²) in [4.78, 5) is 15.4. The lowest BCUT2D eigenvalue weighted by atomic mass is 10.4. The third kappa shape index (κ3) is 1.66. The molecule has 0 saturated heterocycles. The number of methoxy groups -OCH3 is 1. The maximum absolute atomic E-state index is 11.4. The van der Waals surface area contributed by atoms with Crippen molar-refractivity contribution in [3.8, 4) is 0 Å². The van der Waals surface area contributed by atoms with Gasteiger partial charge in [0.1, 0.15) is 5.65 Å². The standard InChI is InChI=1S/C9H6Cl2N2O2/c1-15-9(14)7-8(11)12-6-3-2-5(10)4-13(6)7/h2-4H,1H3. The van der Waals surface area contributed by atoms with Crippen molar-refractivity contribution in [2.24, 2.45) is 0 Å². The Bertz CT molecular complexity index is 536. The van der Waals surface area contributed by atoms with Crippen LogP contribution in [0.5, 0.6) is 0 Å². The Morgan fingerprint density at radius 3 is 2.87 bits per heavy atom. The minimum absolute atomic E-state index is 0.101. The van der Waals surface area contributed by atoms with Gasteiger partial charge in [0.15, 0.2) is 10.8 Å². The zero-order valence-electron chi connectivity index (χ0n) is 7.70. The second kappa shape index (κ2) is 3.72. The first kappa shape index (κ1) is 10.3. The third-order valence-corrected chi connectivity index (χ3v) is 2.41. The number of nitrogens with zero attached hydrogens (tertiary/aromatic N) is 2. The van der Waals surface area contributed by atoms with Gasteiger partial charge in [-0.1, -0.05) is 23.2 Å². The lowest BCUT2D eigenvalue weighted by Crippen LogP contribution is -2.05. The van der Waals surface area contributed by atoms with Crippen LogP contribution in [0.1, 0.15) is 10.5 Å². The number of pyridine rings is 1. The van der Waals surface area contributed by atoms with E-state index in [-0.39, 0.29) is 10.8 Å². The highest BCUT2D eigenvalue weighted by Gasteiger charge is 2.18. The number of halogens is 2. The van der Waals surface area contributed by atoms with Gasteiger partial charge in [0.2, 0.25) is 0 Å². The number of fused-ring (bicyclic) bond motifs is 1. The molecule has 0 N–H and O–H groups in total. The number of hydrogen-bond acceptors (Lipinski definition) is 3. The van der Waals surface area contributed by atoms with Crippen LogP contribution in [-0.4, -0.2) is 22.5 Å². The minimum Gasteiger partial charge on any atom is -0.464 e. The summed E-state index contributed by atoms with van der Waals surface area (Å²) in [5.74, 6) is -0.547. The van der Waals surface area contributed by atoms with E-state index >= 15 is 0 Å². The van der Waals surface area contributed by atoms with Crippen molar-refractivity contribution >= 4 is 34.8 Å². The fourth-order valence-corrected chi connectivity index (χ4v) is 1.68. The quantitative estimate of drug-likeness (QED) is 0.724. The van der Waals surface area contributed by atoms with Crippen LogP contribution in [0.25, 0.3) is 5.65 Å². The SMILES string of the molecule is COC(=O)c1c(Cl)nc2ccc(Cl)cn12. The number of imidazole rings is 1. The van der Waals surface area contributed by atoms with Crippen LogP contribution in [0, 0.1) is 0 Å². The summed E-state index contributed by atoms with van der Waals surface area (Å²) in [6.45, 7) is 0. The Labute approximate surface area is 95.4 Å². The number of carbonyl (C=O) groups excluding carboxylic acids is 1. The Hall–Kier alpha value is -1.26. The van der Waals surface area contributed by atoms with Crippen LogP contribution in [0.3, 0.4) is 0 Å². The second-order valence-corrected chi connectivity index (χ2v) is 3.61. The Balaban J connectivity index is 2.76. The average molecular weight is 245 g/mol. The van der Waals surface area contributed by atoms with Crippen LogP contribution < -0.4 is 0 Å². The first-order chi connectivity index (χ1) is 7.13. The van der Waals surface area contributed by atoms with Crippen molar-refractivity contribution in [2.45, 2.75) is 0 Å². The molecule has 0 saturated carbocycles. The molecule has 15 heavy (non-hydrogen) atoms. The summed E-state index contributed by atoms with van der Waals surface area (Å²) in [7, 11) is 1.28. The largest absolute Gasteiger partial charge is 0.464 e. The van der Waals surface area contributed by atoms with Gasteiger partial charge < -0.3 is 4.74 Å². The van der Waals surface area contributed by atoms with E-state index in [2.05, 4.69) is 9.72 Å². The lowest BCUT2D eigenvalue weighted by Gasteiger charge is -1.99. The van der Waals surface area contributed by atoms with Gasteiger partial charge in [0.05, 0.1) is 12.1 Å². The first-order valence-electron chi connectivity index (χ1n) is 4.05. The molecule has 0 aliphatic carbocycles. The van der Waals surface area contributed by atoms with E-state index in [1.807, 2.05) is 0 Å². The van der Waals surface area contributed by atoms with Gasteiger partial charge in [-0.05, 0) is 12.1 Å². The van der Waals surface area contributed by atoms with Crippen molar-refractivity contribution in [2.75, 3.05) is 7.11 Å². The summed E-state index contributed by atoms with van der Waals surface area (Å²) in [5.41, 5.74) is 0.724. The molecular formula is C9H6Cl2N2O2. The van der Waals surface area contributed by atoms with E-state index in [1.54, 1.807) is 18.3 Å². The molecule has 0 bridgehead atoms. The molecular weight excluding hydrogens is 239 g/mol. The zero-order chi connectivity index (χ0) is 11.0. The van der Waals surface area contributed by atoms with Crippen LogP contribution >= 0.6 is 23.2 Å². The van der Waals surface area contributed by atoms with E-state index in [1.165, 1.54) is 11.5 Å². The molecule has 6 heteroatoms. The molecule has 0 radical (unpaired) electrons. The summed E-state index contributed by atoms with van der Waals surface area (Å²) in [6, 6.07) is 3.34. The van der Waals surface area contributed by atoms with Gasteiger partial charge in [0, 0.05) is 6.20 Å². The van der Waals surface area contributed by atoms with Crippen molar-refractivity contribution in [1.82, 2.24) is 9.38 Å². The van der Waals surface area contributed by atoms with Crippen molar-refractivity contribution < 1.29 is 9.53 Å². The van der Waals surface area contributed by atoms with Crippen molar-refractivity contribution in [3.63, 3.8) is 0 Å². The number of aromatic nitrogens is 2. The third-order valence-electron chi connectivity index (χ3n) is 1.92. The van der Waals surface area contributed by atoms with Gasteiger partial charge in [-0.3, -0.25) is 4.40 Å². The molecule has 2 rings (SSSR count). The topological polar surface area (TPSA) is 43.6 Å². The van der Waals surface area contributed by atoms with Gasteiger partial charge in [-0.15, -0.1) is 0 Å². The highest BCUT2D eigenvalue weighted by atomic mass is 35.5. The molecule has 0 aliphatic heterocycles. The number of esters is 1. The molecule has 2 aromatic heterocycles. The van der Waals surface area contributed by atoms with E-state index < -0.39 is 5.97 Å². The minimum atomic E-state index is -0.547. The Morgan fingerprint density at radius 1 is 1.47 bits per heavy atom. The molecule has 0 aliphatic rings. The van der Waals surface area contributed by atoms with Gasteiger partial charge in [0.25, 0.3) is 0 Å². The summed E-state index contributed by atoms with van der Waals surface area (Å²) < 4.78 is 6.09. The summed E-state index contributed by atoms with van der Waals surface area (Å²) >= 11 is 11.6. The van der Waals surface area contributed by atoms with E-state index in [0.717, 1.165) is 0 Å². The van der Waals surface area contributed by atoms with Gasteiger partial charge in [-0.2, -0.15) is 0 Å². The van der Waals surface area contributed by atoms with E-state index in [0.29, 0.717) is 10.7 Å². The molecule has 2 aromatic rings. The number of ether oxygens (including phenoxy) is 1. The van der Waals surface area contributed by atoms with E-state index in [4.69, 9.17) is 23.2 Å². The fraction of sp³-hybridized carbons (Fsp3) is 0.111. The monoisotopic (exact) mass is 244 g/mol. The molecule has 0 fully saturated rings. The summed E-state index contributed by atoms with van der Waals surface area (Å²) in [6.07, 6.45) is 1.56. The average Bonchev–Trinajstić information content (AvgIpc) is 2.52. The Kier molecular flexibility index (Phi) is 2.54. The predicted octanol–water partition coefficient (Wildman–Crippen LogP) is 2.43. The summed E-state index contributed by atoms with van der Waals surface area (Å²) in [5, 5.41) is 0.589. The smallest absolute Gasteiger partial charge is 0.358 e. The number of rotatable bonds is 1. The predicted molar refractivity (Wildman–Crippen MR) is 56.6 cm³/mol. The van der Waals surface area contributed by atoms with Crippen molar-refractivity contribution in [3.05, 3.63) is 34.2 Å². The van der Waals surface area contributed by atoms with Crippen LogP contribution in [0.4, 0.5) is 0 Å². The molecule has 0 aromatic carbocycles. The zero-order valence-corrected chi connectivity index (χ0v) is 9.21. The molecule has 0 atom stereocenters. The molecule has 4 nitrogen and oxygen atoms in total. The fourth-order valence-electron chi connectivity index (χ4n) is 1.27. The molecule has 0 spiro atoms. The van der Waals surface area contributed by atoms with Crippen molar-refractivity contribution in [1.29, 1.82) is 0 Å². The Morgan fingerprint density at radius 2 is 2.20 bits per heavy atom. The molecule has 2 heterocycles. The van der Waals surface area contributed by atoms with Crippen LogP contribution in [0.15, 0.2) is 18.3 Å². The van der Waals surface area contributed by atoms with E-state index in [9.17, 15) is 4.79 Å². The lowest BCUT2D eigenvalue weighted by molar-refractivity contribution is 0.0593. The van der Waals surface area contributed by atoms with Gasteiger partial charge in [-0.25, -0.2) is 9.78 Å². The van der Waals surface area contributed by atoms with Crippen LogP contribution in [-0.2, 0) is 4.74 Å². The normalized spacial score (nSPS) is 10.6. The second-order valence-electron chi connectivity index (χ2n) is 2.82. The first-order valence-corrected chi connectivity index (χ1v) is 4.80. The number of carbonyl (C=O) groups is 1.